The van der Waals surface area contributed by atoms with Gasteiger partial charge in [0.05, 0.1) is 24.8 Å². The molecule has 2 aromatic carbocycles. The van der Waals surface area contributed by atoms with Gasteiger partial charge in [-0.25, -0.2) is 4.98 Å². The maximum atomic E-state index is 12.6. The Labute approximate surface area is 177 Å². The molecule has 3 rings (SSSR count). The lowest BCUT2D eigenvalue weighted by atomic mass is 10.1. The molecule has 9 heteroatoms. The van der Waals surface area contributed by atoms with Gasteiger partial charge in [-0.2, -0.15) is 0 Å². The Morgan fingerprint density at radius 3 is 2.50 bits per heavy atom. The van der Waals surface area contributed by atoms with Crippen LogP contribution in [0, 0.1) is 10.1 Å². The van der Waals surface area contributed by atoms with Crippen LogP contribution in [0.3, 0.4) is 0 Å². The van der Waals surface area contributed by atoms with Crippen molar-refractivity contribution in [3.63, 3.8) is 0 Å². The van der Waals surface area contributed by atoms with Gasteiger partial charge < -0.3 is 9.47 Å². The van der Waals surface area contributed by atoms with Gasteiger partial charge in [-0.15, -0.1) is 11.3 Å². The fourth-order valence-corrected chi connectivity index (χ4v) is 3.99. The number of anilines is 1. The first-order valence-corrected chi connectivity index (χ1v) is 10.1. The van der Waals surface area contributed by atoms with E-state index in [1.807, 2.05) is 18.2 Å². The van der Waals surface area contributed by atoms with Crippen molar-refractivity contribution < 1.29 is 19.2 Å². The van der Waals surface area contributed by atoms with Crippen LogP contribution in [-0.2, 0) is 6.42 Å². The number of amides is 1. The number of ether oxygens (including phenoxy) is 2. The van der Waals surface area contributed by atoms with Gasteiger partial charge in [-0.3, -0.25) is 20.2 Å². The zero-order valence-corrected chi connectivity index (χ0v) is 17.6. The van der Waals surface area contributed by atoms with Crippen LogP contribution in [0.5, 0.6) is 11.5 Å². The van der Waals surface area contributed by atoms with Crippen molar-refractivity contribution in [2.45, 2.75) is 19.8 Å². The van der Waals surface area contributed by atoms with Gasteiger partial charge in [-0.1, -0.05) is 13.3 Å². The van der Waals surface area contributed by atoms with Crippen LogP contribution in [0.25, 0.3) is 11.3 Å². The first kappa shape index (κ1) is 21.3. The molecule has 1 aromatic heterocycles. The number of rotatable bonds is 8. The van der Waals surface area contributed by atoms with Crippen LogP contribution in [0.4, 0.5) is 10.8 Å². The van der Waals surface area contributed by atoms with Gasteiger partial charge in [0.15, 0.2) is 5.13 Å². The second-order valence-electron chi connectivity index (χ2n) is 6.37. The SMILES string of the molecule is CCCc1sc(NC(=O)c2ccc([N+](=O)[O-])cc2)nc1-c1cc(OC)ccc1OC. The van der Waals surface area contributed by atoms with E-state index in [4.69, 9.17) is 9.47 Å². The number of hydrogen-bond acceptors (Lipinski definition) is 7. The van der Waals surface area contributed by atoms with Gasteiger partial charge in [0.25, 0.3) is 11.6 Å². The maximum Gasteiger partial charge on any atom is 0.269 e. The normalized spacial score (nSPS) is 10.5. The Bertz CT molecular complexity index is 1060. The van der Waals surface area contributed by atoms with Crippen molar-refractivity contribution in [3.05, 3.63) is 63.0 Å². The molecule has 0 unspecified atom stereocenters. The zero-order chi connectivity index (χ0) is 21.7. The number of nitro benzene ring substituents is 1. The number of thiazole rings is 1. The highest BCUT2D eigenvalue weighted by Crippen LogP contribution is 2.39. The highest BCUT2D eigenvalue weighted by Gasteiger charge is 2.19. The van der Waals surface area contributed by atoms with Crippen LogP contribution in [-0.4, -0.2) is 30.0 Å². The minimum Gasteiger partial charge on any atom is -0.497 e. The molecule has 0 radical (unpaired) electrons. The fraction of sp³-hybridized carbons (Fsp3) is 0.238. The number of carbonyl (C=O) groups is 1. The second-order valence-corrected chi connectivity index (χ2v) is 7.45. The largest absolute Gasteiger partial charge is 0.497 e. The number of aryl methyl sites for hydroxylation is 1. The molecule has 1 N–H and O–H groups in total. The maximum absolute atomic E-state index is 12.6. The molecule has 0 bridgehead atoms. The van der Waals surface area contributed by atoms with Crippen LogP contribution >= 0.6 is 11.3 Å². The van der Waals surface area contributed by atoms with E-state index in [2.05, 4.69) is 17.2 Å². The average molecular weight is 427 g/mol. The van der Waals surface area contributed by atoms with E-state index >= 15 is 0 Å². The molecular weight excluding hydrogens is 406 g/mol. The van der Waals surface area contributed by atoms with E-state index < -0.39 is 4.92 Å². The number of nitro groups is 1. The highest BCUT2D eigenvalue weighted by atomic mass is 32.1. The summed E-state index contributed by atoms with van der Waals surface area (Å²) in [6.07, 6.45) is 1.71. The Balaban J connectivity index is 1.93. The number of benzene rings is 2. The standard InChI is InChI=1S/C21H21N3O5S/c1-4-5-18-19(16-12-15(28-2)10-11-17(16)29-3)22-21(30-18)23-20(25)13-6-8-14(9-7-13)24(26)27/h6-12H,4-5H2,1-3H3,(H,22,23,25). The molecule has 8 nitrogen and oxygen atoms in total. The summed E-state index contributed by atoms with van der Waals surface area (Å²) in [5, 5.41) is 14.0. The molecule has 3 aromatic rings. The molecule has 1 heterocycles. The molecule has 0 fully saturated rings. The summed E-state index contributed by atoms with van der Waals surface area (Å²) in [5.74, 6) is 0.954. The third-order valence-corrected chi connectivity index (χ3v) is 5.43. The first-order chi connectivity index (χ1) is 14.5. The van der Waals surface area contributed by atoms with Gasteiger partial charge in [0, 0.05) is 28.1 Å². The Morgan fingerprint density at radius 1 is 1.17 bits per heavy atom. The summed E-state index contributed by atoms with van der Waals surface area (Å²) in [5.41, 5.74) is 1.76. The predicted octanol–water partition coefficient (Wildman–Crippen LogP) is 4.94. The molecule has 0 atom stereocenters. The summed E-state index contributed by atoms with van der Waals surface area (Å²) in [7, 11) is 3.18. The molecule has 156 valence electrons. The fourth-order valence-electron chi connectivity index (χ4n) is 2.92. The van der Waals surface area contributed by atoms with E-state index in [0.717, 1.165) is 29.0 Å². The number of methoxy groups -OCH3 is 2. The Hall–Kier alpha value is -3.46. The number of non-ortho nitro benzene ring substituents is 1. The number of carbonyl (C=O) groups excluding carboxylic acids is 1. The van der Waals surface area contributed by atoms with Crippen molar-refractivity contribution in [1.82, 2.24) is 4.98 Å². The van der Waals surface area contributed by atoms with Crippen LogP contribution < -0.4 is 14.8 Å². The first-order valence-electron chi connectivity index (χ1n) is 9.24. The van der Waals surface area contributed by atoms with Gasteiger partial charge in [0.2, 0.25) is 0 Å². The lowest BCUT2D eigenvalue weighted by Gasteiger charge is -2.10. The van der Waals surface area contributed by atoms with Crippen LogP contribution in [0.2, 0.25) is 0 Å². The molecule has 0 aliphatic carbocycles. The van der Waals surface area contributed by atoms with E-state index in [1.165, 1.54) is 35.6 Å². The Morgan fingerprint density at radius 2 is 1.90 bits per heavy atom. The van der Waals surface area contributed by atoms with Crippen molar-refractivity contribution in [2.75, 3.05) is 19.5 Å². The monoisotopic (exact) mass is 427 g/mol. The average Bonchev–Trinajstić information content (AvgIpc) is 3.15. The number of aromatic nitrogens is 1. The third-order valence-electron chi connectivity index (χ3n) is 4.40. The summed E-state index contributed by atoms with van der Waals surface area (Å²) in [4.78, 5) is 28.5. The zero-order valence-electron chi connectivity index (χ0n) is 16.8. The van der Waals surface area contributed by atoms with Crippen molar-refractivity contribution in [1.29, 1.82) is 0 Å². The molecule has 0 spiro atoms. The van der Waals surface area contributed by atoms with Crippen molar-refractivity contribution in [2.24, 2.45) is 0 Å². The minimum absolute atomic E-state index is 0.0709. The number of nitrogens with one attached hydrogen (secondary N) is 1. The highest BCUT2D eigenvalue weighted by molar-refractivity contribution is 7.16. The molecule has 0 aliphatic heterocycles. The van der Waals surface area contributed by atoms with E-state index in [-0.39, 0.29) is 11.6 Å². The third kappa shape index (κ3) is 4.57. The summed E-state index contributed by atoms with van der Waals surface area (Å²) in [6.45, 7) is 2.07. The van der Waals surface area contributed by atoms with Crippen LogP contribution in [0.15, 0.2) is 42.5 Å². The van der Waals surface area contributed by atoms with Crippen LogP contribution in [0.1, 0.15) is 28.6 Å². The van der Waals surface area contributed by atoms with Gasteiger partial charge in [-0.05, 0) is 36.8 Å². The minimum atomic E-state index is -0.507. The van der Waals surface area contributed by atoms with E-state index in [1.54, 1.807) is 14.2 Å². The quantitative estimate of drug-likeness (QED) is 0.403. The van der Waals surface area contributed by atoms with E-state index in [9.17, 15) is 14.9 Å². The molecular formula is C21H21N3O5S. The summed E-state index contributed by atoms with van der Waals surface area (Å²) in [6, 6.07) is 10.9. The van der Waals surface area contributed by atoms with Crippen molar-refractivity contribution in [3.8, 4) is 22.8 Å². The topological polar surface area (TPSA) is 104 Å². The Kier molecular flexibility index (Phi) is 6.63. The second kappa shape index (κ2) is 9.36. The lowest BCUT2D eigenvalue weighted by molar-refractivity contribution is -0.384. The number of hydrogen-bond donors (Lipinski definition) is 1. The molecule has 0 aliphatic rings. The van der Waals surface area contributed by atoms with Crippen molar-refractivity contribution >= 4 is 28.1 Å². The smallest absolute Gasteiger partial charge is 0.269 e. The summed E-state index contributed by atoms with van der Waals surface area (Å²) < 4.78 is 10.8. The molecule has 0 saturated heterocycles. The van der Waals surface area contributed by atoms with E-state index in [0.29, 0.717) is 22.2 Å². The molecule has 1 amide bonds. The lowest BCUT2D eigenvalue weighted by Crippen LogP contribution is -2.11. The summed E-state index contributed by atoms with van der Waals surface area (Å²) >= 11 is 1.39. The molecule has 30 heavy (non-hydrogen) atoms. The van der Waals surface area contributed by atoms with Gasteiger partial charge in [0.1, 0.15) is 11.5 Å². The predicted molar refractivity (Wildman–Crippen MR) is 116 cm³/mol. The number of nitrogens with zero attached hydrogens (tertiary/aromatic N) is 2. The van der Waals surface area contributed by atoms with Gasteiger partial charge >= 0.3 is 0 Å². The molecule has 0 saturated carbocycles.